The maximum absolute atomic E-state index is 5.56. The minimum atomic E-state index is 0.915. The highest BCUT2D eigenvalue weighted by molar-refractivity contribution is 5.15. The van der Waals surface area contributed by atoms with E-state index in [0.29, 0.717) is 0 Å². The van der Waals surface area contributed by atoms with Crippen LogP contribution in [0.15, 0.2) is 30.3 Å². The molecule has 3 heteroatoms. The number of piperidine rings is 3. The molecule has 0 N–H and O–H groups in total. The van der Waals surface area contributed by atoms with Gasteiger partial charge in [-0.3, -0.25) is 0 Å². The zero-order valence-electron chi connectivity index (χ0n) is 16.0. The van der Waals surface area contributed by atoms with Gasteiger partial charge in [-0.25, -0.2) is 0 Å². The van der Waals surface area contributed by atoms with E-state index in [4.69, 9.17) is 4.74 Å². The van der Waals surface area contributed by atoms with Gasteiger partial charge >= 0.3 is 0 Å². The molecule has 25 heavy (non-hydrogen) atoms. The molecule has 4 heterocycles. The molecule has 0 aromatic heterocycles. The number of morpholine rings is 1. The third-order valence-corrected chi connectivity index (χ3v) is 7.46. The lowest BCUT2D eigenvalue weighted by atomic mass is 9.74. The second kappa shape index (κ2) is 7.38. The molecule has 0 spiro atoms. The summed E-state index contributed by atoms with van der Waals surface area (Å²) in [7, 11) is 2.43. The summed E-state index contributed by atoms with van der Waals surface area (Å²) in [5, 5.41) is 0. The Bertz CT molecular complexity index is 544. The lowest BCUT2D eigenvalue weighted by molar-refractivity contribution is -0.955. The molecule has 0 saturated carbocycles. The molecule has 1 unspecified atom stereocenters. The van der Waals surface area contributed by atoms with Crippen LogP contribution in [-0.4, -0.2) is 75.0 Å². The molecule has 3 nitrogen and oxygen atoms in total. The van der Waals surface area contributed by atoms with Crippen LogP contribution < -0.4 is 0 Å². The first-order chi connectivity index (χ1) is 12.2. The summed E-state index contributed by atoms with van der Waals surface area (Å²) < 4.78 is 8.21. The Balaban J connectivity index is 1.33. The van der Waals surface area contributed by atoms with E-state index in [0.717, 1.165) is 25.0 Å². The molecule has 138 valence electrons. The van der Waals surface area contributed by atoms with E-state index in [2.05, 4.69) is 37.4 Å². The maximum Gasteiger partial charge on any atom is 0.102 e. The number of ether oxygens (including phenoxy) is 1. The molecule has 4 fully saturated rings. The van der Waals surface area contributed by atoms with E-state index in [9.17, 15) is 0 Å². The van der Waals surface area contributed by atoms with Gasteiger partial charge in [-0.15, -0.1) is 0 Å². The quantitative estimate of drug-likeness (QED) is 0.721. The van der Waals surface area contributed by atoms with Gasteiger partial charge < -0.3 is 13.7 Å². The second-order valence-corrected chi connectivity index (χ2v) is 9.24. The first-order valence-electron chi connectivity index (χ1n) is 10.5. The number of fused-ring (bicyclic) bond motifs is 3. The molecule has 2 bridgehead atoms. The number of quaternary nitrogens is 2. The van der Waals surface area contributed by atoms with Crippen LogP contribution in [0.1, 0.15) is 24.8 Å². The van der Waals surface area contributed by atoms with E-state index in [1.807, 2.05) is 0 Å². The van der Waals surface area contributed by atoms with Crippen molar-refractivity contribution in [3.8, 4) is 0 Å². The standard InChI is InChI=1S/C22H36N2O/c1-23(14-16-25-17-15-23)10-5-11-24-12-8-21(9-13-24)22(19-24)18-20-6-3-2-4-7-20/h2-4,6-7,21-22H,5,8-19H2,1H3/q+2. The molecular formula is C22H36N2O+2. The summed E-state index contributed by atoms with van der Waals surface area (Å²) in [6.07, 6.45) is 5.63. The lowest BCUT2D eigenvalue weighted by Gasteiger charge is -2.53. The van der Waals surface area contributed by atoms with Crippen LogP contribution in [0.25, 0.3) is 0 Å². The molecule has 1 aromatic rings. The molecule has 0 radical (unpaired) electrons. The molecule has 0 aliphatic carbocycles. The average molecular weight is 345 g/mol. The van der Waals surface area contributed by atoms with Crippen LogP contribution in [0.4, 0.5) is 0 Å². The van der Waals surface area contributed by atoms with Gasteiger partial charge in [-0.05, 0) is 17.9 Å². The third kappa shape index (κ3) is 4.10. The largest absolute Gasteiger partial charge is 0.370 e. The predicted octanol–water partition coefficient (Wildman–Crippen LogP) is 2.95. The van der Waals surface area contributed by atoms with Crippen molar-refractivity contribution in [2.45, 2.75) is 25.7 Å². The highest BCUT2D eigenvalue weighted by Crippen LogP contribution is 2.39. The zero-order chi connectivity index (χ0) is 17.2. The maximum atomic E-state index is 5.56. The summed E-state index contributed by atoms with van der Waals surface area (Å²) in [4.78, 5) is 0. The predicted molar refractivity (Wildman–Crippen MR) is 102 cm³/mol. The Morgan fingerprint density at radius 1 is 0.960 bits per heavy atom. The monoisotopic (exact) mass is 344 g/mol. The van der Waals surface area contributed by atoms with E-state index in [-0.39, 0.29) is 0 Å². The van der Waals surface area contributed by atoms with E-state index >= 15 is 0 Å². The number of benzene rings is 1. The van der Waals surface area contributed by atoms with Crippen molar-refractivity contribution in [1.29, 1.82) is 0 Å². The minimum Gasteiger partial charge on any atom is -0.370 e. The third-order valence-electron chi connectivity index (χ3n) is 7.46. The highest BCUT2D eigenvalue weighted by atomic mass is 16.5. The Kier molecular flexibility index (Phi) is 5.17. The molecule has 5 rings (SSSR count). The van der Waals surface area contributed by atoms with Gasteiger partial charge in [0, 0.05) is 25.2 Å². The van der Waals surface area contributed by atoms with Gasteiger partial charge in [0.05, 0.1) is 53.0 Å². The molecule has 4 saturated heterocycles. The number of hydrogen-bond donors (Lipinski definition) is 0. The van der Waals surface area contributed by atoms with E-state index in [1.54, 1.807) is 5.56 Å². The Morgan fingerprint density at radius 2 is 1.68 bits per heavy atom. The SMILES string of the molecule is C[N+]1(CCC[N+]23CCC(CC2)C(Cc2ccccc2)C3)CCOCC1. The van der Waals surface area contributed by atoms with Crippen LogP contribution in [0, 0.1) is 11.8 Å². The van der Waals surface area contributed by atoms with Crippen LogP contribution >= 0.6 is 0 Å². The molecule has 1 atom stereocenters. The molecule has 0 amide bonds. The van der Waals surface area contributed by atoms with Crippen LogP contribution in [0.3, 0.4) is 0 Å². The minimum absolute atomic E-state index is 0.915. The second-order valence-electron chi connectivity index (χ2n) is 9.24. The van der Waals surface area contributed by atoms with E-state index < -0.39 is 0 Å². The Labute approximate surface area is 153 Å². The number of rotatable bonds is 6. The molecule has 1 aromatic carbocycles. The summed E-state index contributed by atoms with van der Waals surface area (Å²) in [6.45, 7) is 11.4. The smallest absolute Gasteiger partial charge is 0.102 e. The normalized spacial score (nSPS) is 34.1. The summed E-state index contributed by atoms with van der Waals surface area (Å²) in [6, 6.07) is 11.2. The van der Waals surface area contributed by atoms with Crippen molar-refractivity contribution in [1.82, 2.24) is 0 Å². The Hall–Kier alpha value is -0.900. The van der Waals surface area contributed by atoms with Crippen molar-refractivity contribution < 1.29 is 13.7 Å². The lowest BCUT2D eigenvalue weighted by Crippen LogP contribution is -2.63. The van der Waals surface area contributed by atoms with Crippen molar-refractivity contribution >= 4 is 0 Å². The first kappa shape index (κ1) is 17.5. The zero-order valence-corrected chi connectivity index (χ0v) is 16.0. The van der Waals surface area contributed by atoms with Crippen molar-refractivity contribution in [2.75, 3.05) is 66.1 Å². The molecule has 4 aliphatic rings. The van der Waals surface area contributed by atoms with E-state index in [1.165, 1.54) is 80.5 Å². The van der Waals surface area contributed by atoms with Gasteiger partial charge in [0.1, 0.15) is 13.1 Å². The molecular weight excluding hydrogens is 308 g/mol. The van der Waals surface area contributed by atoms with Crippen molar-refractivity contribution in [2.24, 2.45) is 11.8 Å². The number of hydrogen-bond acceptors (Lipinski definition) is 1. The summed E-state index contributed by atoms with van der Waals surface area (Å²) in [5.41, 5.74) is 1.55. The van der Waals surface area contributed by atoms with Crippen LogP contribution in [0.5, 0.6) is 0 Å². The summed E-state index contributed by atoms with van der Waals surface area (Å²) >= 11 is 0. The van der Waals surface area contributed by atoms with Crippen molar-refractivity contribution in [3.63, 3.8) is 0 Å². The van der Waals surface area contributed by atoms with Gasteiger partial charge in [-0.1, -0.05) is 30.3 Å². The highest BCUT2D eigenvalue weighted by Gasteiger charge is 2.45. The number of likely N-dealkylation sites (N-methyl/N-ethyl adjacent to an activating group) is 1. The topological polar surface area (TPSA) is 9.23 Å². The first-order valence-corrected chi connectivity index (χ1v) is 10.5. The van der Waals surface area contributed by atoms with Gasteiger partial charge in [0.2, 0.25) is 0 Å². The average Bonchev–Trinajstić information content (AvgIpc) is 2.64. The van der Waals surface area contributed by atoms with Crippen LogP contribution in [0.2, 0.25) is 0 Å². The van der Waals surface area contributed by atoms with Gasteiger partial charge in [0.25, 0.3) is 0 Å². The fraction of sp³-hybridized carbons (Fsp3) is 0.727. The van der Waals surface area contributed by atoms with Crippen LogP contribution in [-0.2, 0) is 11.2 Å². The summed E-state index contributed by atoms with van der Waals surface area (Å²) in [5.74, 6) is 1.90. The fourth-order valence-corrected chi connectivity index (χ4v) is 5.69. The molecule has 4 aliphatic heterocycles. The fourth-order valence-electron chi connectivity index (χ4n) is 5.69. The van der Waals surface area contributed by atoms with Gasteiger partial charge in [-0.2, -0.15) is 0 Å². The Morgan fingerprint density at radius 3 is 2.40 bits per heavy atom. The van der Waals surface area contributed by atoms with Crippen molar-refractivity contribution in [3.05, 3.63) is 35.9 Å². The number of nitrogens with zero attached hydrogens (tertiary/aromatic N) is 2. The van der Waals surface area contributed by atoms with Gasteiger partial charge in [0.15, 0.2) is 0 Å².